The van der Waals surface area contributed by atoms with Crippen LogP contribution in [0.25, 0.3) is 0 Å². The topological polar surface area (TPSA) is 79.8 Å². The third kappa shape index (κ3) is 4.49. The number of anilines is 2. The van der Waals surface area contributed by atoms with Crippen molar-refractivity contribution in [2.24, 2.45) is 0 Å². The van der Waals surface area contributed by atoms with Crippen LogP contribution in [0.5, 0.6) is 0 Å². The molecule has 6 nitrogen and oxygen atoms in total. The maximum Gasteiger partial charge on any atom is 0.234 e. The summed E-state index contributed by atoms with van der Waals surface area (Å²) in [6.07, 6.45) is 0.918. The number of hydrogen-bond donors (Lipinski definition) is 2. The highest BCUT2D eigenvalue weighted by Gasteiger charge is 2.15. The molecule has 0 aliphatic heterocycles. The minimum Gasteiger partial charge on any atom is -0.346 e. The first-order valence-electron chi connectivity index (χ1n) is 6.80. The van der Waals surface area contributed by atoms with Crippen molar-refractivity contribution in [2.75, 3.05) is 10.6 Å². The average molecular weight is 321 g/mol. The second-order valence-corrected chi connectivity index (χ2v) is 5.73. The minimum atomic E-state index is -0.201. The van der Waals surface area contributed by atoms with E-state index in [1.165, 1.54) is 17.4 Å². The van der Waals surface area contributed by atoms with Gasteiger partial charge in [0, 0.05) is 11.8 Å². The molecule has 1 unspecified atom stereocenters. The molecule has 7 heteroatoms. The number of nitrogens with zero attached hydrogens (tertiary/aromatic N) is 3. The number of hydrogen-bond acceptors (Lipinski definition) is 6. The molecule has 0 aliphatic carbocycles. The lowest BCUT2D eigenvalue weighted by Crippen LogP contribution is -2.16. The number of thiophene rings is 1. The molecule has 2 heterocycles. The molecule has 1 atom stereocenters. The van der Waals surface area contributed by atoms with E-state index in [1.807, 2.05) is 0 Å². The number of rotatable bonds is 5. The molecule has 0 bridgehead atoms. The van der Waals surface area contributed by atoms with Gasteiger partial charge in [-0.25, -0.2) is 0 Å². The summed E-state index contributed by atoms with van der Waals surface area (Å²) >= 11 is 1.72. The zero-order valence-corrected chi connectivity index (χ0v) is 13.4. The standard InChI is InChI=1S/C14H19N5OS.CH4/c1-5-11(12-8(2)6-7-21-12)18-14-16-9(3)15-13(19-14)17-10(4)20;/h6-7,11H,5H2,1-4H3,(H2,15,16,17,18,19,20);1H4. The summed E-state index contributed by atoms with van der Waals surface area (Å²) in [6, 6.07) is 2.25. The quantitative estimate of drug-likeness (QED) is 0.877. The Kier molecular flexibility index (Phi) is 6.42. The Morgan fingerprint density at radius 2 is 1.95 bits per heavy atom. The Morgan fingerprint density at radius 3 is 2.50 bits per heavy atom. The molecule has 0 radical (unpaired) electrons. The van der Waals surface area contributed by atoms with Crippen molar-refractivity contribution >= 4 is 29.1 Å². The first-order chi connectivity index (χ1) is 9.99. The molecule has 0 fully saturated rings. The van der Waals surface area contributed by atoms with Crippen molar-refractivity contribution < 1.29 is 4.79 Å². The van der Waals surface area contributed by atoms with Crippen LogP contribution in [-0.2, 0) is 4.79 Å². The molecule has 120 valence electrons. The Morgan fingerprint density at radius 1 is 1.27 bits per heavy atom. The van der Waals surface area contributed by atoms with E-state index >= 15 is 0 Å². The lowest BCUT2D eigenvalue weighted by molar-refractivity contribution is -0.114. The van der Waals surface area contributed by atoms with Gasteiger partial charge in [-0.1, -0.05) is 14.4 Å². The van der Waals surface area contributed by atoms with E-state index in [4.69, 9.17) is 0 Å². The van der Waals surface area contributed by atoms with Crippen molar-refractivity contribution in [1.82, 2.24) is 15.0 Å². The summed E-state index contributed by atoms with van der Waals surface area (Å²) in [4.78, 5) is 25.0. The summed E-state index contributed by atoms with van der Waals surface area (Å²) in [5.41, 5.74) is 1.26. The fourth-order valence-corrected chi connectivity index (χ4v) is 3.07. The van der Waals surface area contributed by atoms with Crippen LogP contribution < -0.4 is 10.6 Å². The van der Waals surface area contributed by atoms with Crippen LogP contribution in [0.1, 0.15) is 50.0 Å². The van der Waals surface area contributed by atoms with E-state index in [0.717, 1.165) is 6.42 Å². The molecule has 0 aliphatic rings. The van der Waals surface area contributed by atoms with Gasteiger partial charge in [-0.3, -0.25) is 10.1 Å². The fourth-order valence-electron chi connectivity index (χ4n) is 2.01. The summed E-state index contributed by atoms with van der Waals surface area (Å²) in [7, 11) is 0. The summed E-state index contributed by atoms with van der Waals surface area (Å²) in [5, 5.41) is 7.99. The Bertz CT molecular complexity index is 641. The van der Waals surface area contributed by atoms with Crippen LogP contribution in [-0.4, -0.2) is 20.9 Å². The van der Waals surface area contributed by atoms with Gasteiger partial charge < -0.3 is 5.32 Å². The predicted molar refractivity (Wildman–Crippen MR) is 91.3 cm³/mol. The smallest absolute Gasteiger partial charge is 0.234 e. The fraction of sp³-hybridized carbons (Fsp3) is 0.467. The van der Waals surface area contributed by atoms with E-state index in [0.29, 0.717) is 11.8 Å². The van der Waals surface area contributed by atoms with Gasteiger partial charge in [-0.2, -0.15) is 15.0 Å². The third-order valence-corrected chi connectivity index (χ3v) is 4.10. The molecule has 1 amide bonds. The Hall–Kier alpha value is -2.02. The highest BCUT2D eigenvalue weighted by atomic mass is 32.1. The minimum absolute atomic E-state index is 0. The predicted octanol–water partition coefficient (Wildman–Crippen LogP) is 3.71. The first kappa shape index (κ1) is 18.0. The molecule has 2 aromatic rings. The average Bonchev–Trinajstić information content (AvgIpc) is 2.80. The number of aryl methyl sites for hydroxylation is 2. The van der Waals surface area contributed by atoms with Crippen molar-refractivity contribution in [2.45, 2.75) is 47.6 Å². The van der Waals surface area contributed by atoms with Crippen LogP contribution >= 0.6 is 11.3 Å². The van der Waals surface area contributed by atoms with Gasteiger partial charge in [0.05, 0.1) is 6.04 Å². The van der Waals surface area contributed by atoms with Gasteiger partial charge >= 0.3 is 0 Å². The summed E-state index contributed by atoms with van der Waals surface area (Å²) in [6.45, 7) is 7.41. The van der Waals surface area contributed by atoms with Gasteiger partial charge in [-0.15, -0.1) is 11.3 Å². The SMILES string of the molecule is C.CCC(Nc1nc(C)nc(NC(C)=O)n1)c1sccc1C. The van der Waals surface area contributed by atoms with Crippen LogP contribution in [0.15, 0.2) is 11.4 Å². The number of nitrogens with one attached hydrogen (secondary N) is 2. The van der Waals surface area contributed by atoms with Gasteiger partial charge in [0.25, 0.3) is 0 Å². The number of amides is 1. The molecule has 0 spiro atoms. The molecular weight excluding hydrogens is 298 g/mol. The van der Waals surface area contributed by atoms with E-state index in [-0.39, 0.29) is 25.3 Å². The van der Waals surface area contributed by atoms with Gasteiger partial charge in [0.1, 0.15) is 5.82 Å². The van der Waals surface area contributed by atoms with E-state index in [1.54, 1.807) is 18.3 Å². The van der Waals surface area contributed by atoms with Crippen LogP contribution in [0, 0.1) is 13.8 Å². The van der Waals surface area contributed by atoms with E-state index in [2.05, 4.69) is 50.9 Å². The zero-order valence-electron chi connectivity index (χ0n) is 12.6. The Labute approximate surface area is 135 Å². The monoisotopic (exact) mass is 321 g/mol. The van der Waals surface area contributed by atoms with Crippen LogP contribution in [0.4, 0.5) is 11.9 Å². The number of carbonyl (C=O) groups excluding carboxylic acids is 1. The van der Waals surface area contributed by atoms with Crippen molar-refractivity contribution in [3.8, 4) is 0 Å². The largest absolute Gasteiger partial charge is 0.346 e. The summed E-state index contributed by atoms with van der Waals surface area (Å²) < 4.78 is 0. The highest BCUT2D eigenvalue weighted by molar-refractivity contribution is 7.10. The molecule has 2 N–H and O–H groups in total. The Balaban J connectivity index is 0.00000242. The van der Waals surface area contributed by atoms with E-state index < -0.39 is 0 Å². The molecule has 0 saturated heterocycles. The van der Waals surface area contributed by atoms with Crippen molar-refractivity contribution in [3.05, 3.63) is 27.7 Å². The number of carbonyl (C=O) groups is 1. The second kappa shape index (κ2) is 7.84. The van der Waals surface area contributed by atoms with Gasteiger partial charge in [0.15, 0.2) is 0 Å². The maximum absolute atomic E-state index is 11.1. The van der Waals surface area contributed by atoms with Gasteiger partial charge in [0.2, 0.25) is 17.8 Å². The molecule has 2 rings (SSSR count). The maximum atomic E-state index is 11.1. The first-order valence-corrected chi connectivity index (χ1v) is 7.68. The van der Waals surface area contributed by atoms with Crippen LogP contribution in [0.2, 0.25) is 0 Å². The van der Waals surface area contributed by atoms with Crippen molar-refractivity contribution in [3.63, 3.8) is 0 Å². The highest BCUT2D eigenvalue weighted by Crippen LogP contribution is 2.28. The number of aromatic nitrogens is 3. The lowest BCUT2D eigenvalue weighted by Gasteiger charge is -2.17. The molecule has 0 saturated carbocycles. The van der Waals surface area contributed by atoms with E-state index in [9.17, 15) is 4.79 Å². The zero-order chi connectivity index (χ0) is 15.4. The van der Waals surface area contributed by atoms with Crippen molar-refractivity contribution in [1.29, 1.82) is 0 Å². The van der Waals surface area contributed by atoms with Gasteiger partial charge in [-0.05, 0) is 37.3 Å². The molecule has 0 aromatic carbocycles. The summed E-state index contributed by atoms with van der Waals surface area (Å²) in [5.74, 6) is 1.11. The lowest BCUT2D eigenvalue weighted by atomic mass is 10.1. The second-order valence-electron chi connectivity index (χ2n) is 4.78. The molecule has 2 aromatic heterocycles. The normalized spacial score (nSPS) is 11.5. The van der Waals surface area contributed by atoms with Crippen LogP contribution in [0.3, 0.4) is 0 Å². The third-order valence-electron chi connectivity index (χ3n) is 2.96. The molecular formula is C15H23N5OS. The molecule has 22 heavy (non-hydrogen) atoms.